The number of ether oxygens (including phenoxy) is 2. The van der Waals surface area contributed by atoms with Crippen LogP contribution in [0.3, 0.4) is 0 Å². The number of aryl methyl sites for hydroxylation is 2. The molecule has 9 nitrogen and oxygen atoms in total. The van der Waals surface area contributed by atoms with Gasteiger partial charge in [0.05, 0.1) is 25.0 Å². The number of barbiturate groups is 1. The number of aromatic nitrogens is 1. The highest BCUT2D eigenvalue weighted by Gasteiger charge is 2.37. The van der Waals surface area contributed by atoms with Gasteiger partial charge < -0.3 is 14.0 Å². The predicted octanol–water partition coefficient (Wildman–Crippen LogP) is 4.89. The molecule has 0 radical (unpaired) electrons. The van der Waals surface area contributed by atoms with Gasteiger partial charge in [-0.25, -0.2) is 14.5 Å². The molecule has 0 unspecified atom stereocenters. The molecule has 202 valence electrons. The van der Waals surface area contributed by atoms with E-state index in [0.717, 1.165) is 52.5 Å². The summed E-state index contributed by atoms with van der Waals surface area (Å²) in [4.78, 5) is 53.9. The molecule has 39 heavy (non-hydrogen) atoms. The lowest BCUT2D eigenvalue weighted by molar-refractivity contribution is -0.122. The fourth-order valence-corrected chi connectivity index (χ4v) is 6.68. The molecule has 1 N–H and O–H groups in total. The van der Waals surface area contributed by atoms with Crippen LogP contribution < -0.4 is 15.0 Å². The topological polar surface area (TPSA) is 107 Å². The first-order valence-corrected chi connectivity index (χ1v) is 13.6. The SMILES string of the molecule is CCOc1cccc(N2C(=O)NC(=O)/C(=C\c3cc(C)n(-c4sc5c(c4C(=O)OC)CCCC5)c3C)C2=O)c1. The summed E-state index contributed by atoms with van der Waals surface area (Å²) in [7, 11) is 1.38. The van der Waals surface area contributed by atoms with Crippen LogP contribution in [-0.4, -0.2) is 42.1 Å². The molecule has 0 saturated carbocycles. The smallest absolute Gasteiger partial charge is 0.341 e. The first-order valence-electron chi connectivity index (χ1n) is 12.8. The number of hydrogen-bond donors (Lipinski definition) is 1. The van der Waals surface area contributed by atoms with Crippen LogP contribution in [0.25, 0.3) is 11.1 Å². The Kier molecular flexibility index (Phi) is 7.14. The number of urea groups is 1. The number of thiophene rings is 1. The minimum absolute atomic E-state index is 0.171. The number of nitrogens with zero attached hydrogens (tertiary/aromatic N) is 2. The minimum atomic E-state index is -0.826. The number of benzene rings is 1. The second-order valence-corrected chi connectivity index (χ2v) is 10.5. The Bertz CT molecular complexity index is 1550. The summed E-state index contributed by atoms with van der Waals surface area (Å²) in [6, 6.07) is 7.61. The Morgan fingerprint density at radius 3 is 2.64 bits per heavy atom. The third-order valence-corrected chi connectivity index (χ3v) is 8.28. The van der Waals surface area contributed by atoms with E-state index in [4.69, 9.17) is 9.47 Å². The number of carbonyl (C=O) groups is 4. The van der Waals surface area contributed by atoms with Crippen molar-refractivity contribution in [3.05, 3.63) is 68.9 Å². The maximum absolute atomic E-state index is 13.5. The van der Waals surface area contributed by atoms with Crippen LogP contribution >= 0.6 is 11.3 Å². The molecule has 0 atom stereocenters. The van der Waals surface area contributed by atoms with E-state index < -0.39 is 17.8 Å². The highest BCUT2D eigenvalue weighted by atomic mass is 32.1. The second kappa shape index (κ2) is 10.5. The van der Waals surface area contributed by atoms with E-state index in [1.54, 1.807) is 35.6 Å². The quantitative estimate of drug-likeness (QED) is 0.268. The Morgan fingerprint density at radius 1 is 1.13 bits per heavy atom. The van der Waals surface area contributed by atoms with E-state index in [0.29, 0.717) is 29.2 Å². The molecule has 3 heterocycles. The number of imide groups is 2. The molecule has 0 bridgehead atoms. The van der Waals surface area contributed by atoms with Crippen LogP contribution in [-0.2, 0) is 27.2 Å². The molecule has 0 spiro atoms. The van der Waals surface area contributed by atoms with Crippen molar-refractivity contribution in [3.63, 3.8) is 0 Å². The fourth-order valence-electron chi connectivity index (χ4n) is 5.19. The average molecular weight is 548 g/mol. The molecule has 1 aromatic carbocycles. The zero-order valence-corrected chi connectivity index (χ0v) is 23.1. The first kappa shape index (κ1) is 26.4. The van der Waals surface area contributed by atoms with E-state index in [1.807, 2.05) is 31.4 Å². The zero-order chi connectivity index (χ0) is 27.8. The fraction of sp³-hybridized carbons (Fsp3) is 0.310. The number of anilines is 1. The summed E-state index contributed by atoms with van der Waals surface area (Å²) >= 11 is 1.58. The van der Waals surface area contributed by atoms with Crippen molar-refractivity contribution in [2.24, 2.45) is 0 Å². The largest absolute Gasteiger partial charge is 0.494 e. The molecular formula is C29H29N3O6S. The van der Waals surface area contributed by atoms with Crippen LogP contribution in [0.5, 0.6) is 5.75 Å². The van der Waals surface area contributed by atoms with Gasteiger partial charge in [0.1, 0.15) is 16.3 Å². The lowest BCUT2D eigenvalue weighted by Gasteiger charge is -2.26. The van der Waals surface area contributed by atoms with Crippen molar-refractivity contribution in [3.8, 4) is 10.8 Å². The van der Waals surface area contributed by atoms with Crippen molar-refractivity contribution in [2.45, 2.75) is 46.5 Å². The average Bonchev–Trinajstić information content (AvgIpc) is 3.42. The van der Waals surface area contributed by atoms with Gasteiger partial charge in [-0.05, 0) is 81.9 Å². The van der Waals surface area contributed by atoms with E-state index in [9.17, 15) is 19.2 Å². The number of carbonyl (C=O) groups excluding carboxylic acids is 4. The van der Waals surface area contributed by atoms with Crippen molar-refractivity contribution >= 4 is 46.9 Å². The number of fused-ring (bicyclic) bond motifs is 1. The second-order valence-electron chi connectivity index (χ2n) is 9.43. The zero-order valence-electron chi connectivity index (χ0n) is 22.3. The monoisotopic (exact) mass is 547 g/mol. The summed E-state index contributed by atoms with van der Waals surface area (Å²) in [5.74, 6) is -1.37. The molecule has 10 heteroatoms. The third-order valence-electron chi connectivity index (χ3n) is 7.00. The van der Waals surface area contributed by atoms with Crippen LogP contribution in [0.1, 0.15) is 57.5 Å². The Labute approximate surface area is 230 Å². The number of esters is 1. The predicted molar refractivity (Wildman–Crippen MR) is 148 cm³/mol. The van der Waals surface area contributed by atoms with Gasteiger partial charge in [0.25, 0.3) is 11.8 Å². The summed E-state index contributed by atoms with van der Waals surface area (Å²) < 4.78 is 12.6. The van der Waals surface area contributed by atoms with Gasteiger partial charge in [0, 0.05) is 22.3 Å². The number of amides is 4. The molecule has 5 rings (SSSR count). The van der Waals surface area contributed by atoms with Crippen molar-refractivity contribution in [1.29, 1.82) is 0 Å². The van der Waals surface area contributed by atoms with Crippen LogP contribution in [0.15, 0.2) is 35.9 Å². The maximum atomic E-state index is 13.5. The Morgan fingerprint density at radius 2 is 1.90 bits per heavy atom. The molecule has 2 aliphatic rings. The first-order chi connectivity index (χ1) is 18.7. The minimum Gasteiger partial charge on any atom is -0.494 e. The van der Waals surface area contributed by atoms with E-state index >= 15 is 0 Å². The highest BCUT2D eigenvalue weighted by Crippen LogP contribution is 2.39. The Hall–Kier alpha value is -4.18. The molecule has 1 fully saturated rings. The van der Waals surface area contributed by atoms with Gasteiger partial charge >= 0.3 is 12.0 Å². The molecule has 3 aromatic rings. The van der Waals surface area contributed by atoms with Gasteiger partial charge in [-0.2, -0.15) is 0 Å². The lowest BCUT2D eigenvalue weighted by Crippen LogP contribution is -2.54. The summed E-state index contributed by atoms with van der Waals surface area (Å²) in [5, 5.41) is 3.04. The number of nitrogens with one attached hydrogen (secondary N) is 1. The Balaban J connectivity index is 1.57. The molecule has 2 aromatic heterocycles. The van der Waals surface area contributed by atoms with Gasteiger partial charge in [0.15, 0.2) is 0 Å². The standard InChI is InChI=1S/C29H29N3O6S/c1-5-38-20-10-8-9-19(15-20)32-26(34)22(25(33)30-29(32)36)14-18-13-16(2)31(17(18)3)27-24(28(35)37-4)21-11-6-7-12-23(21)39-27/h8-10,13-15H,5-7,11-12H2,1-4H3,(H,30,33,36)/b22-14+. The van der Waals surface area contributed by atoms with Crippen molar-refractivity contribution < 1.29 is 28.7 Å². The summed E-state index contributed by atoms with van der Waals surface area (Å²) in [6.45, 7) is 6.04. The number of methoxy groups -OCH3 is 1. The number of rotatable bonds is 6. The van der Waals surface area contributed by atoms with Gasteiger partial charge in [-0.15, -0.1) is 11.3 Å². The molecule has 1 saturated heterocycles. The highest BCUT2D eigenvalue weighted by molar-refractivity contribution is 7.15. The van der Waals surface area contributed by atoms with E-state index in [-0.39, 0.29) is 11.5 Å². The molecular weight excluding hydrogens is 518 g/mol. The molecule has 1 aliphatic heterocycles. The third kappa shape index (κ3) is 4.65. The van der Waals surface area contributed by atoms with Crippen LogP contribution in [0, 0.1) is 13.8 Å². The lowest BCUT2D eigenvalue weighted by atomic mass is 9.95. The van der Waals surface area contributed by atoms with Gasteiger partial charge in [0.2, 0.25) is 0 Å². The summed E-state index contributed by atoms with van der Waals surface area (Å²) in [6.07, 6.45) is 5.34. The van der Waals surface area contributed by atoms with E-state index in [2.05, 4.69) is 5.32 Å². The molecule has 1 aliphatic carbocycles. The summed E-state index contributed by atoms with van der Waals surface area (Å²) in [5.41, 5.74) is 3.97. The van der Waals surface area contributed by atoms with Crippen LogP contribution in [0.2, 0.25) is 0 Å². The maximum Gasteiger partial charge on any atom is 0.341 e. The number of hydrogen-bond acceptors (Lipinski definition) is 7. The van der Waals surface area contributed by atoms with Gasteiger partial charge in [-0.1, -0.05) is 6.07 Å². The van der Waals surface area contributed by atoms with Crippen molar-refractivity contribution in [1.82, 2.24) is 9.88 Å². The van der Waals surface area contributed by atoms with Crippen LogP contribution in [0.4, 0.5) is 10.5 Å². The normalized spacial score (nSPS) is 16.4. The van der Waals surface area contributed by atoms with Gasteiger partial charge in [-0.3, -0.25) is 14.9 Å². The molecule has 4 amide bonds. The van der Waals surface area contributed by atoms with E-state index in [1.165, 1.54) is 18.1 Å². The van der Waals surface area contributed by atoms with Crippen molar-refractivity contribution in [2.75, 3.05) is 18.6 Å².